The summed E-state index contributed by atoms with van der Waals surface area (Å²) in [4.78, 5) is 4.83. The average Bonchev–Trinajstić information content (AvgIpc) is 3.38. The Balaban J connectivity index is 1.01. The van der Waals surface area contributed by atoms with Crippen LogP contribution in [0.2, 0.25) is 0 Å². The van der Waals surface area contributed by atoms with Crippen molar-refractivity contribution in [3.63, 3.8) is 0 Å². The van der Waals surface area contributed by atoms with Gasteiger partial charge in [-0.3, -0.25) is 0 Å². The fourth-order valence-corrected chi connectivity index (χ4v) is 9.14. The minimum absolute atomic E-state index is 1.10. The van der Waals surface area contributed by atoms with E-state index in [0.717, 1.165) is 56.4 Å². The molecule has 0 unspecified atom stereocenters. The maximum Gasteiger partial charge on any atom is 0.0540 e. The molecule has 11 aromatic carbocycles. The summed E-state index contributed by atoms with van der Waals surface area (Å²) in [5.74, 6) is 0. The Labute approximate surface area is 375 Å². The second-order valence-electron chi connectivity index (χ2n) is 16.1. The normalized spacial score (nSPS) is 11.1. The maximum atomic E-state index is 2.42. The van der Waals surface area contributed by atoms with E-state index in [9.17, 15) is 0 Å². The van der Waals surface area contributed by atoms with Gasteiger partial charge in [0.25, 0.3) is 0 Å². The van der Waals surface area contributed by atoms with Gasteiger partial charge in [-0.2, -0.15) is 0 Å². The van der Waals surface area contributed by atoms with Crippen molar-refractivity contribution in [1.29, 1.82) is 0 Å². The van der Waals surface area contributed by atoms with Crippen LogP contribution >= 0.6 is 0 Å². The summed E-state index contributed by atoms with van der Waals surface area (Å²) in [5.41, 5.74) is 16.1. The molecule has 11 rings (SSSR count). The van der Waals surface area contributed by atoms with Gasteiger partial charge in [0, 0.05) is 33.3 Å². The van der Waals surface area contributed by atoms with Crippen LogP contribution in [-0.4, -0.2) is 0 Å². The molecular formula is C62H44N2. The molecule has 0 aliphatic heterocycles. The van der Waals surface area contributed by atoms with E-state index in [2.05, 4.69) is 277 Å². The Morgan fingerprint density at radius 1 is 0.188 bits per heavy atom. The zero-order valence-electron chi connectivity index (χ0n) is 35.3. The minimum atomic E-state index is 1.10. The van der Waals surface area contributed by atoms with Gasteiger partial charge in [-0.25, -0.2) is 0 Å². The van der Waals surface area contributed by atoms with Gasteiger partial charge < -0.3 is 9.80 Å². The molecule has 0 N–H and O–H groups in total. The number of nitrogens with zero attached hydrogens (tertiary/aromatic N) is 2. The topological polar surface area (TPSA) is 6.48 Å². The van der Waals surface area contributed by atoms with Crippen LogP contribution in [0, 0.1) is 0 Å². The Morgan fingerprint density at radius 3 is 0.906 bits per heavy atom. The highest BCUT2D eigenvalue weighted by Gasteiger charge is 2.22. The number of para-hydroxylation sites is 2. The fraction of sp³-hybridized carbons (Fsp3) is 0. The molecule has 0 spiro atoms. The lowest BCUT2D eigenvalue weighted by molar-refractivity contribution is 1.29. The lowest BCUT2D eigenvalue weighted by Crippen LogP contribution is -2.12. The summed E-state index contributed by atoms with van der Waals surface area (Å²) in [6.45, 7) is 0. The molecule has 302 valence electrons. The molecule has 11 aromatic rings. The summed E-state index contributed by atoms with van der Waals surface area (Å²) in [5, 5.41) is 4.81. The lowest BCUT2D eigenvalue weighted by atomic mass is 9.96. The molecule has 2 nitrogen and oxygen atoms in total. The Bertz CT molecular complexity index is 3120. The van der Waals surface area contributed by atoms with Crippen LogP contribution in [0.3, 0.4) is 0 Å². The monoisotopic (exact) mass is 816 g/mol. The van der Waals surface area contributed by atoms with Gasteiger partial charge in [-0.15, -0.1) is 0 Å². The largest absolute Gasteiger partial charge is 0.309 e. The summed E-state index contributed by atoms with van der Waals surface area (Å²) >= 11 is 0. The Hall–Kier alpha value is -8.46. The Morgan fingerprint density at radius 2 is 0.484 bits per heavy atom. The summed E-state index contributed by atoms with van der Waals surface area (Å²) in [6.07, 6.45) is 0. The van der Waals surface area contributed by atoms with Crippen molar-refractivity contribution < 1.29 is 0 Å². The van der Waals surface area contributed by atoms with Gasteiger partial charge in [0.2, 0.25) is 0 Å². The van der Waals surface area contributed by atoms with Crippen molar-refractivity contribution in [1.82, 2.24) is 0 Å². The molecule has 2 heteroatoms. The third-order valence-corrected chi connectivity index (χ3v) is 12.3. The van der Waals surface area contributed by atoms with E-state index >= 15 is 0 Å². The van der Waals surface area contributed by atoms with Crippen LogP contribution in [0.25, 0.3) is 66.1 Å². The predicted octanol–water partition coefficient (Wildman–Crippen LogP) is 17.6. The molecule has 0 aromatic heterocycles. The van der Waals surface area contributed by atoms with E-state index < -0.39 is 0 Å². The van der Waals surface area contributed by atoms with E-state index in [1.165, 1.54) is 43.8 Å². The van der Waals surface area contributed by atoms with Crippen LogP contribution in [0.4, 0.5) is 34.1 Å². The molecule has 0 aliphatic carbocycles. The number of benzene rings is 11. The molecule has 0 fully saturated rings. The summed E-state index contributed by atoms with van der Waals surface area (Å²) in [7, 11) is 0. The zero-order chi connectivity index (χ0) is 42.7. The molecule has 0 heterocycles. The van der Waals surface area contributed by atoms with Crippen LogP contribution in [0.5, 0.6) is 0 Å². The summed E-state index contributed by atoms with van der Waals surface area (Å²) < 4.78 is 0. The van der Waals surface area contributed by atoms with E-state index in [4.69, 9.17) is 0 Å². The van der Waals surface area contributed by atoms with Crippen LogP contribution in [0.15, 0.2) is 267 Å². The predicted molar refractivity (Wildman–Crippen MR) is 273 cm³/mol. The molecule has 0 amide bonds. The number of hydrogen-bond acceptors (Lipinski definition) is 2. The lowest BCUT2D eigenvalue weighted by Gasteiger charge is -2.29. The Kier molecular flexibility index (Phi) is 10.3. The zero-order valence-corrected chi connectivity index (χ0v) is 35.3. The van der Waals surface area contributed by atoms with Crippen molar-refractivity contribution in [3.05, 3.63) is 267 Å². The quantitative estimate of drug-likeness (QED) is 0.136. The second kappa shape index (κ2) is 17.1. The van der Waals surface area contributed by atoms with Crippen LogP contribution in [-0.2, 0) is 0 Å². The van der Waals surface area contributed by atoms with Gasteiger partial charge >= 0.3 is 0 Å². The van der Waals surface area contributed by atoms with Gasteiger partial charge in [0.15, 0.2) is 0 Å². The minimum Gasteiger partial charge on any atom is -0.309 e. The third-order valence-electron chi connectivity index (χ3n) is 12.3. The number of anilines is 6. The SMILES string of the molecule is c1ccc(-c2ccc(N(c3ccccc3-c3ccc(-c4ccccc4N(c4ccc(-c5ccccc5)cc4)c4cccc5ccccc45)cc3)c3cccc4ccccc34)cc2)cc1. The number of rotatable bonds is 10. The van der Waals surface area contributed by atoms with Crippen molar-refractivity contribution >= 4 is 55.7 Å². The first-order valence-electron chi connectivity index (χ1n) is 21.9. The fourth-order valence-electron chi connectivity index (χ4n) is 9.14. The second-order valence-corrected chi connectivity index (χ2v) is 16.1. The van der Waals surface area contributed by atoms with Gasteiger partial charge in [-0.1, -0.05) is 218 Å². The summed E-state index contributed by atoms with van der Waals surface area (Å²) in [6, 6.07) is 96.3. The highest BCUT2D eigenvalue weighted by atomic mass is 15.2. The molecule has 0 aliphatic rings. The first-order chi connectivity index (χ1) is 31.8. The third kappa shape index (κ3) is 7.38. The molecular weight excluding hydrogens is 773 g/mol. The number of hydrogen-bond donors (Lipinski definition) is 0. The van der Waals surface area contributed by atoms with Gasteiger partial charge in [0.05, 0.1) is 22.7 Å². The number of fused-ring (bicyclic) bond motifs is 2. The van der Waals surface area contributed by atoms with Crippen LogP contribution < -0.4 is 9.80 Å². The van der Waals surface area contributed by atoms with Crippen LogP contribution in [0.1, 0.15) is 0 Å². The van der Waals surface area contributed by atoms with Crippen molar-refractivity contribution in [2.24, 2.45) is 0 Å². The van der Waals surface area contributed by atoms with Gasteiger partial charge in [-0.05, 0) is 92.7 Å². The molecule has 0 atom stereocenters. The molecule has 0 saturated carbocycles. The highest BCUT2D eigenvalue weighted by Crippen LogP contribution is 2.46. The molecule has 0 saturated heterocycles. The standard InChI is InChI=1S/C62H44N2/c1-3-17-45(18-4-1)47-37-41-53(42-38-47)63(61-31-15-23-49-21-7-9-25-55(49)61)59-29-13-11-27-57(59)51-33-35-52(36-34-51)58-28-12-14-30-60(58)64(62-32-16-24-50-22-8-10-26-56(50)62)54-43-39-48(40-44-54)46-19-5-2-6-20-46/h1-44H. The van der Waals surface area contributed by atoms with Crippen molar-refractivity contribution in [2.45, 2.75) is 0 Å². The first-order valence-corrected chi connectivity index (χ1v) is 21.9. The van der Waals surface area contributed by atoms with Crippen molar-refractivity contribution in [3.8, 4) is 44.5 Å². The van der Waals surface area contributed by atoms with E-state index in [-0.39, 0.29) is 0 Å². The highest BCUT2D eigenvalue weighted by molar-refractivity contribution is 6.03. The average molecular weight is 817 g/mol. The molecule has 0 bridgehead atoms. The molecule has 64 heavy (non-hydrogen) atoms. The van der Waals surface area contributed by atoms with E-state index in [1.807, 2.05) is 0 Å². The van der Waals surface area contributed by atoms with Gasteiger partial charge in [0.1, 0.15) is 0 Å². The van der Waals surface area contributed by atoms with Crippen molar-refractivity contribution in [2.75, 3.05) is 9.80 Å². The van der Waals surface area contributed by atoms with E-state index in [1.54, 1.807) is 0 Å². The first kappa shape index (κ1) is 38.5. The smallest absolute Gasteiger partial charge is 0.0540 e. The maximum absolute atomic E-state index is 2.42. The van der Waals surface area contributed by atoms with E-state index in [0.29, 0.717) is 0 Å². The molecule has 0 radical (unpaired) electrons.